The van der Waals surface area contributed by atoms with Crippen LogP contribution in [0, 0.1) is 0 Å². The van der Waals surface area contributed by atoms with Crippen LogP contribution in [0.25, 0.3) is 0 Å². The zero-order valence-corrected chi connectivity index (χ0v) is 33.5. The van der Waals surface area contributed by atoms with Crippen molar-refractivity contribution in [2.75, 3.05) is 19.8 Å². The lowest BCUT2D eigenvalue weighted by Crippen LogP contribution is -2.34. The number of esters is 2. The number of hydrogen-bond acceptors (Lipinski definition) is 10. The summed E-state index contributed by atoms with van der Waals surface area (Å²) < 4.78 is 32.5. The van der Waals surface area contributed by atoms with Crippen molar-refractivity contribution in [1.29, 1.82) is 0 Å². The number of carbonyl (C=O) groups is 4. The second-order valence-electron chi connectivity index (χ2n) is 13.4. The van der Waals surface area contributed by atoms with E-state index >= 15 is 0 Å². The van der Waals surface area contributed by atoms with Gasteiger partial charge in [-0.2, -0.15) is 0 Å². The van der Waals surface area contributed by atoms with E-state index < -0.39 is 57.7 Å². The third-order valence-electron chi connectivity index (χ3n) is 8.34. The molecule has 306 valence electrons. The van der Waals surface area contributed by atoms with Crippen molar-refractivity contribution >= 4 is 31.5 Å². The van der Waals surface area contributed by atoms with Crippen LogP contribution in [0.1, 0.15) is 162 Å². The largest absolute Gasteiger partial charge is 0.480 e. The van der Waals surface area contributed by atoms with Gasteiger partial charge in [-0.1, -0.05) is 115 Å². The van der Waals surface area contributed by atoms with Gasteiger partial charge in [-0.3, -0.25) is 28.2 Å². The number of carboxylic acid groups (broad SMARTS) is 1. The standard InChI is InChI=1S/C40H70NO11P/c1-3-5-7-9-11-12-13-14-15-16-18-22-27-31-39(44)52-36(33-50-53(47,48)51-34-37(41)40(45)46)32-49-38(43)30-26-23-19-21-25-29-35(42)28-24-20-17-10-8-6-4-2/h12-13,17,20,24,28,36-37H,3-11,14-16,18-19,21-23,25-27,29-34,41H2,1-2H3,(H,45,46)(H,47,48)/b13-12-,20-17-,28-24+/t36-,37+/m1/s1. The number of rotatable bonds is 37. The quantitative estimate of drug-likeness (QED) is 0.0136. The normalized spacial score (nSPS) is 14.1. The molecule has 0 amide bonds. The van der Waals surface area contributed by atoms with Crippen molar-refractivity contribution in [2.45, 2.75) is 174 Å². The summed E-state index contributed by atoms with van der Waals surface area (Å²) in [5, 5.41) is 8.86. The molecule has 0 fully saturated rings. The predicted octanol–water partition coefficient (Wildman–Crippen LogP) is 9.24. The fraction of sp³-hybridized carbons (Fsp3) is 0.750. The van der Waals surface area contributed by atoms with Crippen LogP contribution >= 0.6 is 7.82 Å². The lowest BCUT2D eigenvalue weighted by atomic mass is 10.1. The molecule has 0 aromatic rings. The van der Waals surface area contributed by atoms with E-state index in [9.17, 15) is 28.6 Å². The van der Waals surface area contributed by atoms with Crippen LogP contribution in [0.5, 0.6) is 0 Å². The fourth-order valence-electron chi connectivity index (χ4n) is 5.10. The molecular weight excluding hydrogens is 701 g/mol. The molecule has 0 rings (SSSR count). The van der Waals surface area contributed by atoms with Gasteiger partial charge in [0.2, 0.25) is 0 Å². The molecule has 13 heteroatoms. The summed E-state index contributed by atoms with van der Waals surface area (Å²) in [6, 6.07) is -1.54. The Kier molecular flexibility index (Phi) is 33.4. The van der Waals surface area contributed by atoms with Gasteiger partial charge >= 0.3 is 25.7 Å². The van der Waals surface area contributed by atoms with E-state index in [1.54, 1.807) is 12.2 Å². The minimum absolute atomic E-state index is 0.0983. The number of ketones is 1. The second-order valence-corrected chi connectivity index (χ2v) is 14.9. The molecule has 0 bridgehead atoms. The van der Waals surface area contributed by atoms with Crippen LogP contribution in [-0.2, 0) is 42.3 Å². The Morgan fingerprint density at radius 1 is 0.623 bits per heavy atom. The van der Waals surface area contributed by atoms with Crippen LogP contribution in [0.3, 0.4) is 0 Å². The molecule has 0 saturated carbocycles. The highest BCUT2D eigenvalue weighted by Crippen LogP contribution is 2.43. The molecular formula is C40H70NO11P. The predicted molar refractivity (Wildman–Crippen MR) is 208 cm³/mol. The number of phosphoric ester groups is 1. The zero-order valence-electron chi connectivity index (χ0n) is 32.6. The van der Waals surface area contributed by atoms with Gasteiger partial charge in [0, 0.05) is 19.3 Å². The number of allylic oxidation sites excluding steroid dienone is 6. The van der Waals surface area contributed by atoms with E-state index in [0.29, 0.717) is 19.3 Å². The molecule has 4 N–H and O–H groups in total. The van der Waals surface area contributed by atoms with Gasteiger partial charge in [0.25, 0.3) is 0 Å². The molecule has 53 heavy (non-hydrogen) atoms. The number of carbonyl (C=O) groups excluding carboxylic acids is 3. The summed E-state index contributed by atoms with van der Waals surface area (Å²) in [7, 11) is -4.74. The molecule has 0 aromatic heterocycles. The van der Waals surface area contributed by atoms with Crippen LogP contribution in [-0.4, -0.2) is 65.7 Å². The monoisotopic (exact) mass is 771 g/mol. The number of aliphatic carboxylic acids is 1. The molecule has 12 nitrogen and oxygen atoms in total. The minimum atomic E-state index is -4.74. The van der Waals surface area contributed by atoms with Crippen molar-refractivity contribution in [3.63, 3.8) is 0 Å². The zero-order chi connectivity index (χ0) is 39.4. The van der Waals surface area contributed by atoms with Crippen LogP contribution in [0.2, 0.25) is 0 Å². The van der Waals surface area contributed by atoms with Gasteiger partial charge in [0.1, 0.15) is 12.6 Å². The first kappa shape index (κ1) is 50.4. The Labute approximate surface area is 318 Å². The van der Waals surface area contributed by atoms with E-state index in [-0.39, 0.29) is 18.6 Å². The van der Waals surface area contributed by atoms with Crippen LogP contribution in [0.4, 0.5) is 0 Å². The Bertz CT molecular complexity index is 1110. The smallest absolute Gasteiger partial charge is 0.472 e. The number of nitrogens with two attached hydrogens (primary N) is 1. The topological polar surface area (TPSA) is 189 Å². The maximum Gasteiger partial charge on any atom is 0.472 e. The summed E-state index contributed by atoms with van der Waals surface area (Å²) >= 11 is 0. The molecule has 0 aliphatic carbocycles. The first-order chi connectivity index (χ1) is 25.5. The first-order valence-corrected chi connectivity index (χ1v) is 21.5. The van der Waals surface area contributed by atoms with Crippen LogP contribution < -0.4 is 5.73 Å². The highest BCUT2D eigenvalue weighted by molar-refractivity contribution is 7.47. The van der Waals surface area contributed by atoms with Gasteiger partial charge in [-0.25, -0.2) is 4.57 Å². The summed E-state index contributed by atoms with van der Waals surface area (Å²) in [5.74, 6) is -2.40. The van der Waals surface area contributed by atoms with Gasteiger partial charge in [0.05, 0.1) is 13.2 Å². The van der Waals surface area contributed by atoms with E-state index in [1.165, 1.54) is 38.5 Å². The van der Waals surface area contributed by atoms with Gasteiger partial charge in [-0.05, 0) is 63.9 Å². The van der Waals surface area contributed by atoms with E-state index in [1.807, 2.05) is 6.08 Å². The molecule has 1 unspecified atom stereocenters. The van der Waals surface area contributed by atoms with Gasteiger partial charge < -0.3 is 25.2 Å². The Balaban J connectivity index is 4.51. The highest BCUT2D eigenvalue weighted by Gasteiger charge is 2.28. The Morgan fingerprint density at radius 3 is 1.74 bits per heavy atom. The Morgan fingerprint density at radius 2 is 1.11 bits per heavy atom. The number of carboxylic acids is 1. The molecule has 0 aliphatic rings. The van der Waals surface area contributed by atoms with E-state index in [4.69, 9.17) is 24.8 Å². The number of ether oxygens (including phenoxy) is 2. The highest BCUT2D eigenvalue weighted by atomic mass is 31.2. The fourth-order valence-corrected chi connectivity index (χ4v) is 5.88. The van der Waals surface area contributed by atoms with Crippen LogP contribution in [0.15, 0.2) is 36.5 Å². The lowest BCUT2D eigenvalue weighted by Gasteiger charge is -2.20. The summed E-state index contributed by atoms with van der Waals surface area (Å²) in [6.45, 7) is 2.58. The van der Waals surface area contributed by atoms with Crippen molar-refractivity contribution in [2.24, 2.45) is 5.73 Å². The molecule has 0 spiro atoms. The molecule has 0 radical (unpaired) electrons. The molecule has 0 heterocycles. The average molecular weight is 772 g/mol. The molecule has 0 aromatic carbocycles. The van der Waals surface area contributed by atoms with Crippen molar-refractivity contribution in [3.8, 4) is 0 Å². The summed E-state index contributed by atoms with van der Waals surface area (Å²) in [6.07, 6.45) is 31.8. The maximum absolute atomic E-state index is 12.6. The third-order valence-corrected chi connectivity index (χ3v) is 9.29. The summed E-state index contributed by atoms with van der Waals surface area (Å²) in [5.41, 5.74) is 5.31. The SMILES string of the molecule is CCCCC/C=C\C=C\C(=O)CCCCCCCC(=O)OC[C@H](COP(=O)(O)OC[C@H](N)C(=O)O)OC(=O)CCCCCCC/C=C\CCCCCC. The minimum Gasteiger partial charge on any atom is -0.480 e. The molecule has 0 saturated heterocycles. The number of phosphoric acid groups is 1. The Hall–Kier alpha value is -2.63. The van der Waals surface area contributed by atoms with E-state index in [2.05, 4.69) is 36.6 Å². The van der Waals surface area contributed by atoms with Crippen molar-refractivity contribution in [1.82, 2.24) is 0 Å². The number of unbranched alkanes of at least 4 members (excludes halogenated alkanes) is 16. The first-order valence-electron chi connectivity index (χ1n) is 20.0. The second kappa shape index (κ2) is 35.1. The maximum atomic E-state index is 12.6. The number of hydrogen-bond donors (Lipinski definition) is 3. The molecule has 0 aliphatic heterocycles. The van der Waals surface area contributed by atoms with Crippen molar-refractivity contribution < 1.29 is 52.3 Å². The average Bonchev–Trinajstić information content (AvgIpc) is 3.12. The molecule has 3 atom stereocenters. The third kappa shape index (κ3) is 34.9. The van der Waals surface area contributed by atoms with Gasteiger partial charge in [0.15, 0.2) is 11.9 Å². The lowest BCUT2D eigenvalue weighted by molar-refractivity contribution is -0.161. The van der Waals surface area contributed by atoms with E-state index in [0.717, 1.165) is 77.0 Å². The van der Waals surface area contributed by atoms with Crippen molar-refractivity contribution in [3.05, 3.63) is 36.5 Å². The van der Waals surface area contributed by atoms with Gasteiger partial charge in [-0.15, -0.1) is 0 Å². The summed E-state index contributed by atoms with van der Waals surface area (Å²) in [4.78, 5) is 57.8.